The van der Waals surface area contributed by atoms with E-state index < -0.39 is 0 Å². The Bertz CT molecular complexity index is 460. The number of aromatic nitrogens is 2. The van der Waals surface area contributed by atoms with Gasteiger partial charge < -0.3 is 0 Å². The Morgan fingerprint density at radius 2 is 2.40 bits per heavy atom. The molecule has 1 aliphatic carbocycles. The van der Waals surface area contributed by atoms with Gasteiger partial charge in [-0.15, -0.1) is 5.92 Å². The minimum atomic E-state index is 0.00894. The van der Waals surface area contributed by atoms with Gasteiger partial charge in [-0.25, -0.2) is 4.98 Å². The molecule has 78 valence electrons. The number of hydrogen-bond donors (Lipinski definition) is 0. The molecule has 2 rings (SSSR count). The van der Waals surface area contributed by atoms with Crippen molar-refractivity contribution in [2.75, 3.05) is 0 Å². The van der Waals surface area contributed by atoms with Crippen LogP contribution in [0.2, 0.25) is 0 Å². The minimum absolute atomic E-state index is 0.00894. The van der Waals surface area contributed by atoms with Gasteiger partial charge in [0.15, 0.2) is 0 Å². The van der Waals surface area contributed by atoms with Gasteiger partial charge in [-0.1, -0.05) is 12.3 Å². The van der Waals surface area contributed by atoms with Crippen LogP contribution in [-0.2, 0) is 6.54 Å². The molecule has 0 unspecified atom stereocenters. The van der Waals surface area contributed by atoms with Crippen molar-refractivity contribution in [2.24, 2.45) is 0 Å². The van der Waals surface area contributed by atoms with E-state index in [1.807, 2.05) is 0 Å². The van der Waals surface area contributed by atoms with Gasteiger partial charge in [-0.05, 0) is 19.8 Å². The first-order chi connectivity index (χ1) is 7.31. The number of hydrogen-bond acceptors (Lipinski definition) is 2. The molecule has 1 saturated carbocycles. The molecule has 0 atom stereocenters. The van der Waals surface area contributed by atoms with Gasteiger partial charge in [0, 0.05) is 12.0 Å². The molecule has 1 aromatic rings. The predicted molar refractivity (Wildman–Crippen MR) is 58.5 cm³/mol. The van der Waals surface area contributed by atoms with Gasteiger partial charge in [-0.2, -0.15) is 0 Å². The molecule has 1 aliphatic rings. The maximum Gasteiger partial charge on any atom is 0.254 e. The van der Waals surface area contributed by atoms with E-state index in [1.54, 1.807) is 23.9 Å². The van der Waals surface area contributed by atoms with Crippen LogP contribution in [0.25, 0.3) is 0 Å². The van der Waals surface area contributed by atoms with Gasteiger partial charge in [0.2, 0.25) is 0 Å². The second-order valence-corrected chi connectivity index (χ2v) is 3.83. The highest BCUT2D eigenvalue weighted by molar-refractivity contribution is 5.10. The fraction of sp³-hybridized carbons (Fsp3) is 0.500. The summed E-state index contributed by atoms with van der Waals surface area (Å²) in [6.45, 7) is 2.20. The molecule has 0 bridgehead atoms. The summed E-state index contributed by atoms with van der Waals surface area (Å²) in [5.74, 6) is 6.14. The average molecular weight is 202 g/mol. The summed E-state index contributed by atoms with van der Waals surface area (Å²) >= 11 is 0. The zero-order valence-corrected chi connectivity index (χ0v) is 8.86. The van der Waals surface area contributed by atoms with Crippen LogP contribution in [0.4, 0.5) is 0 Å². The Hall–Kier alpha value is -1.56. The van der Waals surface area contributed by atoms with Crippen LogP contribution in [0.5, 0.6) is 0 Å². The maximum absolute atomic E-state index is 11.6. The van der Waals surface area contributed by atoms with Crippen LogP contribution in [0, 0.1) is 11.8 Å². The third kappa shape index (κ3) is 2.10. The lowest BCUT2D eigenvalue weighted by Gasteiger charge is -2.24. The van der Waals surface area contributed by atoms with Crippen molar-refractivity contribution in [3.8, 4) is 11.8 Å². The van der Waals surface area contributed by atoms with E-state index in [4.69, 9.17) is 0 Å². The van der Waals surface area contributed by atoms with Gasteiger partial charge in [0.05, 0.1) is 18.6 Å². The van der Waals surface area contributed by atoms with Gasteiger partial charge in [0.25, 0.3) is 5.56 Å². The highest BCUT2D eigenvalue weighted by Crippen LogP contribution is 2.34. The summed E-state index contributed by atoms with van der Waals surface area (Å²) in [7, 11) is 0. The molecule has 15 heavy (non-hydrogen) atoms. The van der Waals surface area contributed by atoms with Gasteiger partial charge >= 0.3 is 0 Å². The standard InChI is InChI=1S/C12H14N2O/c1-2-3-7-14-9-13-11(8-12(14)15)10-5-4-6-10/h8-10H,4-7H2,1H3. The lowest BCUT2D eigenvalue weighted by atomic mass is 9.83. The molecular weight excluding hydrogens is 188 g/mol. The SMILES string of the molecule is CC#CCn1cnc(C2CCC2)cc1=O. The first-order valence-electron chi connectivity index (χ1n) is 5.27. The van der Waals surface area contributed by atoms with Crippen LogP contribution in [0.15, 0.2) is 17.2 Å². The molecule has 1 aromatic heterocycles. The Kier molecular flexibility index (Phi) is 2.86. The monoisotopic (exact) mass is 202 g/mol. The summed E-state index contributed by atoms with van der Waals surface area (Å²) in [5, 5.41) is 0. The van der Waals surface area contributed by atoms with Crippen molar-refractivity contribution in [3.05, 3.63) is 28.4 Å². The molecule has 0 amide bonds. The fourth-order valence-electron chi connectivity index (χ4n) is 1.65. The Balaban J connectivity index is 2.21. The summed E-state index contributed by atoms with van der Waals surface area (Å²) in [4.78, 5) is 16.0. The van der Waals surface area contributed by atoms with E-state index >= 15 is 0 Å². The molecule has 3 heteroatoms. The maximum atomic E-state index is 11.6. The van der Waals surface area contributed by atoms with E-state index in [0.29, 0.717) is 12.5 Å². The molecule has 0 N–H and O–H groups in total. The van der Waals surface area contributed by atoms with Crippen molar-refractivity contribution >= 4 is 0 Å². The molecule has 3 nitrogen and oxygen atoms in total. The van der Waals surface area contributed by atoms with E-state index in [-0.39, 0.29) is 5.56 Å². The van der Waals surface area contributed by atoms with Crippen LogP contribution in [0.3, 0.4) is 0 Å². The first kappa shape index (κ1) is 9.97. The van der Waals surface area contributed by atoms with Crippen LogP contribution >= 0.6 is 0 Å². The fourth-order valence-corrected chi connectivity index (χ4v) is 1.65. The van der Waals surface area contributed by atoms with E-state index in [1.165, 1.54) is 19.3 Å². The molecule has 1 heterocycles. The second-order valence-electron chi connectivity index (χ2n) is 3.83. The first-order valence-corrected chi connectivity index (χ1v) is 5.27. The lowest BCUT2D eigenvalue weighted by molar-refractivity contribution is 0.409. The summed E-state index contributed by atoms with van der Waals surface area (Å²) < 4.78 is 1.54. The Morgan fingerprint density at radius 1 is 1.60 bits per heavy atom. The highest BCUT2D eigenvalue weighted by Gasteiger charge is 2.21. The van der Waals surface area contributed by atoms with Gasteiger partial charge in [-0.3, -0.25) is 9.36 Å². The lowest BCUT2D eigenvalue weighted by Crippen LogP contribution is -2.22. The largest absolute Gasteiger partial charge is 0.287 e. The van der Waals surface area contributed by atoms with Gasteiger partial charge in [0.1, 0.15) is 0 Å². The summed E-state index contributed by atoms with van der Waals surface area (Å²) in [6, 6.07) is 1.65. The second kappa shape index (κ2) is 4.31. The number of nitrogens with zero attached hydrogens (tertiary/aromatic N) is 2. The molecular formula is C12H14N2O. The van der Waals surface area contributed by atoms with Crippen molar-refractivity contribution in [3.63, 3.8) is 0 Å². The molecule has 0 radical (unpaired) electrons. The predicted octanol–water partition coefficient (Wildman–Crippen LogP) is 1.53. The molecule has 0 saturated heterocycles. The average Bonchev–Trinajstić information content (AvgIpc) is 2.14. The quantitative estimate of drug-likeness (QED) is 0.682. The topological polar surface area (TPSA) is 34.9 Å². The van der Waals surface area contributed by atoms with Crippen LogP contribution in [-0.4, -0.2) is 9.55 Å². The smallest absolute Gasteiger partial charge is 0.254 e. The van der Waals surface area contributed by atoms with Crippen molar-refractivity contribution in [1.29, 1.82) is 0 Å². The van der Waals surface area contributed by atoms with Crippen molar-refractivity contribution in [1.82, 2.24) is 9.55 Å². The number of rotatable bonds is 2. The molecule has 0 aliphatic heterocycles. The zero-order chi connectivity index (χ0) is 10.7. The third-order valence-corrected chi connectivity index (χ3v) is 2.85. The van der Waals surface area contributed by atoms with E-state index in [0.717, 1.165) is 5.69 Å². The zero-order valence-electron chi connectivity index (χ0n) is 8.86. The van der Waals surface area contributed by atoms with Crippen molar-refractivity contribution in [2.45, 2.75) is 38.6 Å². The third-order valence-electron chi connectivity index (χ3n) is 2.85. The Labute approximate surface area is 89.2 Å². The summed E-state index contributed by atoms with van der Waals surface area (Å²) in [6.07, 6.45) is 5.22. The van der Waals surface area contributed by atoms with Crippen LogP contribution < -0.4 is 5.56 Å². The van der Waals surface area contributed by atoms with Crippen LogP contribution in [0.1, 0.15) is 37.8 Å². The molecule has 0 aromatic carbocycles. The van der Waals surface area contributed by atoms with E-state index in [2.05, 4.69) is 16.8 Å². The molecule has 0 spiro atoms. The Morgan fingerprint density at radius 3 is 2.93 bits per heavy atom. The molecule has 1 fully saturated rings. The van der Waals surface area contributed by atoms with E-state index in [9.17, 15) is 4.79 Å². The summed E-state index contributed by atoms with van der Waals surface area (Å²) in [5.41, 5.74) is 0.960. The normalized spacial score (nSPS) is 15.3. The highest BCUT2D eigenvalue weighted by atomic mass is 16.1. The minimum Gasteiger partial charge on any atom is -0.287 e. The van der Waals surface area contributed by atoms with Crippen molar-refractivity contribution < 1.29 is 0 Å².